The average Bonchev–Trinajstić information content (AvgIpc) is 3.18. The van der Waals surface area contributed by atoms with Gasteiger partial charge in [0.15, 0.2) is 0 Å². The topological polar surface area (TPSA) is 54.6 Å². The molecule has 0 saturated carbocycles. The number of carboxylic acid groups (broad SMARTS) is 1. The van der Waals surface area contributed by atoms with Crippen molar-refractivity contribution in [1.82, 2.24) is 4.57 Å². The fourth-order valence-corrected chi connectivity index (χ4v) is 5.59. The molecule has 1 aliphatic rings. The predicted molar refractivity (Wildman–Crippen MR) is 118 cm³/mol. The summed E-state index contributed by atoms with van der Waals surface area (Å²) in [5.41, 5.74) is 5.44. The molecule has 28 heavy (non-hydrogen) atoms. The van der Waals surface area contributed by atoms with Gasteiger partial charge in [-0.3, -0.25) is 4.99 Å². The van der Waals surface area contributed by atoms with E-state index in [9.17, 15) is 9.90 Å². The Morgan fingerprint density at radius 3 is 2.64 bits per heavy atom. The van der Waals surface area contributed by atoms with E-state index in [4.69, 9.17) is 0 Å². The maximum atomic E-state index is 12.1. The van der Waals surface area contributed by atoms with Gasteiger partial charge in [0.25, 0.3) is 0 Å². The van der Waals surface area contributed by atoms with Crippen molar-refractivity contribution >= 4 is 45.1 Å². The Kier molecular flexibility index (Phi) is 5.25. The van der Waals surface area contributed by atoms with E-state index in [0.717, 1.165) is 63.4 Å². The summed E-state index contributed by atoms with van der Waals surface area (Å²) >= 11 is 5.07. The number of carbonyl (C=O) groups is 1. The van der Waals surface area contributed by atoms with Crippen LogP contribution < -0.4 is 0 Å². The molecule has 0 fully saturated rings. The first kappa shape index (κ1) is 19.2. The molecule has 3 aromatic rings. The number of rotatable bonds is 4. The molecule has 0 unspecified atom stereocenters. The quantitative estimate of drug-likeness (QED) is 0.471. The Morgan fingerprint density at radius 2 is 1.93 bits per heavy atom. The van der Waals surface area contributed by atoms with E-state index in [1.165, 1.54) is 4.88 Å². The maximum absolute atomic E-state index is 12.1. The molecule has 2 aromatic heterocycles. The lowest BCUT2D eigenvalue weighted by Crippen LogP contribution is -2.09. The average molecular weight is 457 g/mol. The van der Waals surface area contributed by atoms with Gasteiger partial charge in [-0.1, -0.05) is 15.9 Å². The van der Waals surface area contributed by atoms with Crippen LogP contribution in [-0.4, -0.2) is 21.9 Å². The number of aryl methyl sites for hydroxylation is 2. The molecule has 1 N–H and O–H groups in total. The summed E-state index contributed by atoms with van der Waals surface area (Å²) < 4.78 is 3.10. The van der Waals surface area contributed by atoms with Crippen molar-refractivity contribution in [2.75, 3.05) is 0 Å². The molecule has 144 valence electrons. The van der Waals surface area contributed by atoms with Crippen LogP contribution in [0.2, 0.25) is 0 Å². The third-order valence-corrected chi connectivity index (χ3v) is 7.02. The lowest BCUT2D eigenvalue weighted by atomic mass is 9.95. The van der Waals surface area contributed by atoms with Crippen LogP contribution in [0.1, 0.15) is 50.6 Å². The second-order valence-electron chi connectivity index (χ2n) is 7.09. The third kappa shape index (κ3) is 3.47. The van der Waals surface area contributed by atoms with Crippen molar-refractivity contribution in [3.8, 4) is 5.00 Å². The molecule has 0 bridgehead atoms. The molecule has 6 heteroatoms. The summed E-state index contributed by atoms with van der Waals surface area (Å²) in [4.78, 5) is 17.9. The predicted octanol–water partition coefficient (Wildman–Crippen LogP) is 6.25. The number of hydrogen-bond acceptors (Lipinski definition) is 3. The number of thiophene rings is 1. The van der Waals surface area contributed by atoms with Gasteiger partial charge in [0.1, 0.15) is 5.00 Å². The Hall–Kier alpha value is -2.18. The number of carboxylic acids is 1. The van der Waals surface area contributed by atoms with Gasteiger partial charge in [0, 0.05) is 32.5 Å². The highest BCUT2D eigenvalue weighted by Crippen LogP contribution is 2.38. The summed E-state index contributed by atoms with van der Waals surface area (Å²) in [6, 6.07) is 9.91. The minimum atomic E-state index is -0.827. The molecule has 0 saturated heterocycles. The van der Waals surface area contributed by atoms with E-state index >= 15 is 0 Å². The zero-order valence-electron chi connectivity index (χ0n) is 15.8. The molecule has 2 heterocycles. The van der Waals surface area contributed by atoms with E-state index in [2.05, 4.69) is 31.6 Å². The molecular formula is C22H21BrN2O2S. The van der Waals surface area contributed by atoms with E-state index in [1.807, 2.05) is 44.3 Å². The first-order valence-electron chi connectivity index (χ1n) is 9.32. The summed E-state index contributed by atoms with van der Waals surface area (Å²) in [7, 11) is 0. The number of hydrogen-bond donors (Lipinski definition) is 1. The van der Waals surface area contributed by atoms with E-state index in [1.54, 1.807) is 11.3 Å². The number of benzene rings is 1. The zero-order chi connectivity index (χ0) is 19.8. The minimum Gasteiger partial charge on any atom is -0.478 e. The van der Waals surface area contributed by atoms with Gasteiger partial charge < -0.3 is 9.67 Å². The second-order valence-corrected chi connectivity index (χ2v) is 9.09. The molecule has 0 aliphatic heterocycles. The van der Waals surface area contributed by atoms with Crippen LogP contribution >= 0.6 is 27.3 Å². The third-order valence-electron chi connectivity index (χ3n) is 5.22. The van der Waals surface area contributed by atoms with Crippen LogP contribution in [0.5, 0.6) is 0 Å². The summed E-state index contributed by atoms with van der Waals surface area (Å²) in [5.74, 6) is -0.827. The van der Waals surface area contributed by atoms with E-state index < -0.39 is 5.97 Å². The van der Waals surface area contributed by atoms with Crippen LogP contribution in [0.15, 0.2) is 39.8 Å². The smallest absolute Gasteiger partial charge is 0.339 e. The fraction of sp³-hybridized carbons (Fsp3) is 0.273. The van der Waals surface area contributed by atoms with Gasteiger partial charge in [0.2, 0.25) is 0 Å². The first-order chi connectivity index (χ1) is 13.5. The van der Waals surface area contributed by atoms with Gasteiger partial charge >= 0.3 is 5.97 Å². The Bertz CT molecular complexity index is 1080. The number of nitrogens with zero attached hydrogens (tertiary/aromatic N) is 2. The van der Waals surface area contributed by atoms with Gasteiger partial charge in [-0.05, 0) is 75.4 Å². The molecule has 0 atom stereocenters. The minimum absolute atomic E-state index is 0.484. The molecule has 0 spiro atoms. The lowest BCUT2D eigenvalue weighted by molar-refractivity contribution is 0.0696. The van der Waals surface area contributed by atoms with Crippen molar-refractivity contribution in [2.45, 2.75) is 39.5 Å². The van der Waals surface area contributed by atoms with Gasteiger partial charge in [-0.2, -0.15) is 0 Å². The SMILES string of the molecule is Cc1cc(C=Nc2ccc(Br)cc2)c(C)n1-c1sc2c(c1C(=O)O)CCCC2. The zero-order valence-corrected chi connectivity index (χ0v) is 18.2. The van der Waals surface area contributed by atoms with Crippen molar-refractivity contribution < 1.29 is 9.90 Å². The number of aromatic nitrogens is 1. The summed E-state index contributed by atoms with van der Waals surface area (Å²) in [6.07, 6.45) is 5.91. The van der Waals surface area contributed by atoms with Crippen molar-refractivity contribution in [1.29, 1.82) is 0 Å². The van der Waals surface area contributed by atoms with Gasteiger partial charge in [0.05, 0.1) is 11.3 Å². The van der Waals surface area contributed by atoms with Crippen LogP contribution in [-0.2, 0) is 12.8 Å². The molecule has 1 aromatic carbocycles. The standard InChI is InChI=1S/C22H21BrN2O2S/c1-13-11-15(12-24-17-9-7-16(23)8-10-17)14(2)25(13)21-20(22(26)27)18-5-3-4-6-19(18)28-21/h7-12H,3-6H2,1-2H3,(H,26,27). The molecular weight excluding hydrogens is 436 g/mol. The maximum Gasteiger partial charge on any atom is 0.339 e. The van der Waals surface area contributed by atoms with Crippen LogP contribution in [0.4, 0.5) is 5.69 Å². The Morgan fingerprint density at radius 1 is 1.21 bits per heavy atom. The van der Waals surface area contributed by atoms with E-state index in [-0.39, 0.29) is 0 Å². The van der Waals surface area contributed by atoms with Crippen molar-refractivity contribution in [3.05, 3.63) is 67.8 Å². The van der Waals surface area contributed by atoms with Crippen LogP contribution in [0.3, 0.4) is 0 Å². The highest BCUT2D eigenvalue weighted by Gasteiger charge is 2.27. The lowest BCUT2D eigenvalue weighted by Gasteiger charge is -2.11. The Balaban J connectivity index is 1.77. The largest absolute Gasteiger partial charge is 0.478 e. The van der Waals surface area contributed by atoms with Crippen molar-refractivity contribution in [3.63, 3.8) is 0 Å². The highest BCUT2D eigenvalue weighted by molar-refractivity contribution is 9.10. The monoisotopic (exact) mass is 456 g/mol. The van der Waals surface area contributed by atoms with Crippen LogP contribution in [0, 0.1) is 13.8 Å². The van der Waals surface area contributed by atoms with E-state index in [0.29, 0.717) is 5.56 Å². The van der Waals surface area contributed by atoms with Crippen LogP contribution in [0.25, 0.3) is 5.00 Å². The Labute approximate surface area is 176 Å². The molecule has 4 nitrogen and oxygen atoms in total. The fourth-order valence-electron chi connectivity index (χ4n) is 3.83. The van der Waals surface area contributed by atoms with Gasteiger partial charge in [-0.15, -0.1) is 11.3 Å². The number of fused-ring (bicyclic) bond motifs is 1. The number of aliphatic imine (C=N–C) groups is 1. The highest BCUT2D eigenvalue weighted by atomic mass is 79.9. The summed E-state index contributed by atoms with van der Waals surface area (Å²) in [6.45, 7) is 4.05. The summed E-state index contributed by atoms with van der Waals surface area (Å²) in [5, 5.41) is 10.7. The first-order valence-corrected chi connectivity index (χ1v) is 10.9. The van der Waals surface area contributed by atoms with Gasteiger partial charge in [-0.25, -0.2) is 4.79 Å². The molecule has 4 rings (SSSR count). The molecule has 1 aliphatic carbocycles. The normalized spacial score (nSPS) is 13.8. The van der Waals surface area contributed by atoms with Crippen molar-refractivity contribution in [2.24, 2.45) is 4.99 Å². The number of halogens is 1. The number of aromatic carboxylic acids is 1. The second kappa shape index (κ2) is 7.68. The molecule has 0 amide bonds. The molecule has 0 radical (unpaired) electrons.